The van der Waals surface area contributed by atoms with Crippen LogP contribution in [0.25, 0.3) is 11.3 Å². The lowest BCUT2D eigenvalue weighted by Crippen LogP contribution is -2.42. The first-order valence-corrected chi connectivity index (χ1v) is 10.5. The van der Waals surface area contributed by atoms with Gasteiger partial charge in [-0.1, -0.05) is 35.0 Å². The molecule has 1 atom stereocenters. The first kappa shape index (κ1) is 18.1. The quantitative estimate of drug-likeness (QED) is 0.625. The minimum absolute atomic E-state index is 0.202. The summed E-state index contributed by atoms with van der Waals surface area (Å²) < 4.78 is 0.883. The summed E-state index contributed by atoms with van der Waals surface area (Å²) in [4.78, 5) is 19.0. The molecule has 0 N–H and O–H groups in total. The first-order valence-electron chi connectivity index (χ1n) is 7.88. The predicted octanol–water partition coefficient (Wildman–Crippen LogP) is 5.61. The molecule has 7 heteroatoms. The topological polar surface area (TPSA) is 33.2 Å². The number of aromatic nitrogens is 1. The van der Waals surface area contributed by atoms with Crippen LogP contribution in [0.15, 0.2) is 27.9 Å². The van der Waals surface area contributed by atoms with E-state index in [9.17, 15) is 4.79 Å². The zero-order chi connectivity index (χ0) is 17.1. The largest absolute Gasteiger partial charge is 0.339 e. The third-order valence-electron chi connectivity index (χ3n) is 4.13. The molecule has 0 saturated carbocycles. The highest BCUT2D eigenvalue weighted by Crippen LogP contribution is 2.33. The van der Waals surface area contributed by atoms with Crippen molar-refractivity contribution in [3.63, 3.8) is 0 Å². The van der Waals surface area contributed by atoms with Gasteiger partial charge in [-0.15, -0.1) is 11.3 Å². The smallest absolute Gasteiger partial charge is 0.233 e. The Morgan fingerprint density at radius 1 is 1.42 bits per heavy atom. The van der Waals surface area contributed by atoms with Crippen molar-refractivity contribution in [1.29, 1.82) is 0 Å². The number of nitrogens with zero attached hydrogens (tertiary/aromatic N) is 2. The van der Waals surface area contributed by atoms with Crippen molar-refractivity contribution in [2.75, 3.05) is 12.3 Å². The summed E-state index contributed by atoms with van der Waals surface area (Å²) in [5.41, 5.74) is 1.68. The molecular weight excluding hydrogens is 383 g/mol. The zero-order valence-electron chi connectivity index (χ0n) is 13.3. The van der Waals surface area contributed by atoms with Crippen LogP contribution in [0.4, 0.5) is 0 Å². The average molecular weight is 401 g/mol. The summed E-state index contributed by atoms with van der Waals surface area (Å²) in [5.74, 6) is 0.638. The Balaban J connectivity index is 1.63. The molecule has 24 heavy (non-hydrogen) atoms. The molecule has 3 nitrogen and oxygen atoms in total. The molecule has 1 aromatic heterocycles. The maximum atomic E-state index is 12.4. The lowest BCUT2D eigenvalue weighted by molar-refractivity contribution is -0.131. The fraction of sp³-hybridized carbons (Fsp3) is 0.412. The Morgan fingerprint density at radius 3 is 3.00 bits per heavy atom. The van der Waals surface area contributed by atoms with Gasteiger partial charge in [0.25, 0.3) is 0 Å². The van der Waals surface area contributed by atoms with Crippen LogP contribution < -0.4 is 0 Å². The zero-order valence-corrected chi connectivity index (χ0v) is 16.4. The van der Waals surface area contributed by atoms with Crippen LogP contribution in [0.2, 0.25) is 10.0 Å². The molecule has 1 fully saturated rings. The van der Waals surface area contributed by atoms with E-state index in [1.54, 1.807) is 12.1 Å². The Bertz CT molecular complexity index is 735. The summed E-state index contributed by atoms with van der Waals surface area (Å²) in [6.45, 7) is 3.01. The van der Waals surface area contributed by atoms with Crippen molar-refractivity contribution in [3.05, 3.63) is 33.6 Å². The van der Waals surface area contributed by atoms with Crippen molar-refractivity contribution in [3.8, 4) is 11.3 Å². The monoisotopic (exact) mass is 400 g/mol. The molecule has 1 aromatic carbocycles. The van der Waals surface area contributed by atoms with Crippen LogP contribution >= 0.6 is 46.3 Å². The minimum atomic E-state index is 0.202. The van der Waals surface area contributed by atoms with Gasteiger partial charge in [-0.2, -0.15) is 0 Å². The number of hydrogen-bond acceptors (Lipinski definition) is 4. The van der Waals surface area contributed by atoms with E-state index in [1.807, 2.05) is 16.3 Å². The van der Waals surface area contributed by atoms with E-state index in [2.05, 4.69) is 11.9 Å². The molecular formula is C17H18Cl2N2OS2. The number of amides is 1. The highest BCUT2D eigenvalue weighted by atomic mass is 35.5. The summed E-state index contributed by atoms with van der Waals surface area (Å²) in [6.07, 6.45) is 3.43. The van der Waals surface area contributed by atoms with Gasteiger partial charge < -0.3 is 4.90 Å². The van der Waals surface area contributed by atoms with Gasteiger partial charge in [0, 0.05) is 28.6 Å². The molecule has 0 spiro atoms. The number of hydrogen-bond donors (Lipinski definition) is 0. The molecule has 1 amide bonds. The van der Waals surface area contributed by atoms with Gasteiger partial charge in [0.1, 0.15) is 0 Å². The summed E-state index contributed by atoms with van der Waals surface area (Å²) in [6, 6.07) is 5.74. The summed E-state index contributed by atoms with van der Waals surface area (Å²) in [7, 11) is 0. The Kier molecular flexibility index (Phi) is 6.08. The number of likely N-dealkylation sites (tertiary alicyclic amines) is 1. The number of thioether (sulfide) groups is 1. The Hall–Kier alpha value is -0.750. The fourth-order valence-corrected chi connectivity index (χ4v) is 5.04. The van der Waals surface area contributed by atoms with Crippen LogP contribution in [0, 0.1) is 0 Å². The normalized spacial score (nSPS) is 18.0. The number of rotatable bonds is 4. The van der Waals surface area contributed by atoms with Crippen LogP contribution in [0.1, 0.15) is 26.2 Å². The van der Waals surface area contributed by atoms with Crippen molar-refractivity contribution in [1.82, 2.24) is 9.88 Å². The van der Waals surface area contributed by atoms with Gasteiger partial charge in [0.15, 0.2) is 4.34 Å². The minimum Gasteiger partial charge on any atom is -0.339 e. The van der Waals surface area contributed by atoms with Gasteiger partial charge in [0.2, 0.25) is 5.91 Å². The van der Waals surface area contributed by atoms with E-state index in [4.69, 9.17) is 23.2 Å². The SMILES string of the molecule is CC1CCCCN1C(=O)CSc1nc(-c2ccc(Cl)cc2Cl)cs1. The number of thiazole rings is 1. The fourth-order valence-electron chi connectivity index (χ4n) is 2.82. The third kappa shape index (κ3) is 4.26. The van der Waals surface area contributed by atoms with Crippen molar-refractivity contribution in [2.24, 2.45) is 0 Å². The summed E-state index contributed by atoms with van der Waals surface area (Å²) in [5, 5.41) is 3.16. The molecule has 2 heterocycles. The van der Waals surface area contributed by atoms with E-state index < -0.39 is 0 Å². The molecule has 0 aliphatic carbocycles. The van der Waals surface area contributed by atoms with E-state index in [0.29, 0.717) is 21.8 Å². The number of halogens is 2. The molecule has 0 radical (unpaired) electrons. The standard InChI is InChI=1S/C17H18Cl2N2OS2/c1-11-4-2-3-7-21(11)16(22)10-24-17-20-15(9-23-17)13-6-5-12(18)8-14(13)19/h5-6,8-9,11H,2-4,7,10H2,1H3. The van der Waals surface area contributed by atoms with Crippen LogP contribution in [0.3, 0.4) is 0 Å². The van der Waals surface area contributed by atoms with Gasteiger partial charge in [-0.25, -0.2) is 4.98 Å². The van der Waals surface area contributed by atoms with Crippen LogP contribution in [0.5, 0.6) is 0 Å². The second-order valence-electron chi connectivity index (χ2n) is 5.84. The van der Waals surface area contributed by atoms with E-state index in [-0.39, 0.29) is 5.91 Å². The van der Waals surface area contributed by atoms with E-state index >= 15 is 0 Å². The first-order chi connectivity index (χ1) is 11.5. The molecule has 0 bridgehead atoms. The third-order valence-corrected chi connectivity index (χ3v) is 6.69. The van der Waals surface area contributed by atoms with Gasteiger partial charge >= 0.3 is 0 Å². The lowest BCUT2D eigenvalue weighted by Gasteiger charge is -2.33. The molecule has 1 aliphatic heterocycles. The Labute approximate surface area is 160 Å². The number of carbonyl (C=O) groups is 1. The molecule has 1 unspecified atom stereocenters. The van der Waals surface area contributed by atoms with Gasteiger partial charge in [-0.3, -0.25) is 4.79 Å². The molecule has 3 rings (SSSR count). The van der Waals surface area contributed by atoms with Crippen molar-refractivity contribution >= 4 is 52.2 Å². The van der Waals surface area contributed by atoms with Gasteiger partial charge in [-0.05, 0) is 44.4 Å². The number of benzene rings is 1. The maximum absolute atomic E-state index is 12.4. The average Bonchev–Trinajstić information content (AvgIpc) is 3.01. The molecule has 1 aliphatic rings. The van der Waals surface area contributed by atoms with Crippen LogP contribution in [-0.4, -0.2) is 34.1 Å². The highest BCUT2D eigenvalue weighted by molar-refractivity contribution is 8.01. The van der Waals surface area contributed by atoms with Crippen molar-refractivity contribution in [2.45, 2.75) is 36.6 Å². The van der Waals surface area contributed by atoms with E-state index in [0.717, 1.165) is 35.0 Å². The second-order valence-corrected chi connectivity index (χ2v) is 8.77. The number of piperidine rings is 1. The Morgan fingerprint density at radius 2 is 2.25 bits per heavy atom. The molecule has 1 saturated heterocycles. The second kappa shape index (κ2) is 8.09. The number of carbonyl (C=O) groups excluding carboxylic acids is 1. The lowest BCUT2D eigenvalue weighted by atomic mass is 10.0. The van der Waals surface area contributed by atoms with Crippen LogP contribution in [-0.2, 0) is 4.79 Å². The maximum Gasteiger partial charge on any atom is 0.233 e. The van der Waals surface area contributed by atoms with Crippen molar-refractivity contribution < 1.29 is 4.79 Å². The van der Waals surface area contributed by atoms with Gasteiger partial charge in [0.05, 0.1) is 16.5 Å². The van der Waals surface area contributed by atoms with E-state index in [1.165, 1.54) is 29.5 Å². The predicted molar refractivity (Wildman–Crippen MR) is 103 cm³/mol. The highest BCUT2D eigenvalue weighted by Gasteiger charge is 2.23. The molecule has 128 valence electrons. The molecule has 2 aromatic rings. The summed E-state index contributed by atoms with van der Waals surface area (Å²) >= 11 is 15.2.